The van der Waals surface area contributed by atoms with Gasteiger partial charge in [0.15, 0.2) is 0 Å². The summed E-state index contributed by atoms with van der Waals surface area (Å²) in [5.41, 5.74) is 0.191. The minimum atomic E-state index is -0.532. The molecule has 1 aliphatic rings. The molecule has 0 aliphatic carbocycles. The van der Waals surface area contributed by atoms with Crippen LogP contribution < -0.4 is 10.1 Å². The Morgan fingerprint density at radius 2 is 1.72 bits per heavy atom. The van der Waals surface area contributed by atoms with E-state index >= 15 is 0 Å². The summed E-state index contributed by atoms with van der Waals surface area (Å²) < 4.78 is 11.4. The SMILES string of the molecule is CC.CC(C)(C)OC(=O)Nc1ccc(OCCN2CCSCC2)c2ccccc12. The molecule has 0 unspecified atom stereocenters. The molecule has 2 aromatic carbocycles. The highest BCUT2D eigenvalue weighted by atomic mass is 32.2. The molecule has 5 nitrogen and oxygen atoms in total. The minimum absolute atomic E-state index is 0.454. The Morgan fingerprint density at radius 1 is 1.07 bits per heavy atom. The third kappa shape index (κ3) is 7.44. The summed E-state index contributed by atoms with van der Waals surface area (Å²) >= 11 is 2.01. The molecule has 0 radical (unpaired) electrons. The van der Waals surface area contributed by atoms with E-state index in [1.165, 1.54) is 11.5 Å². The van der Waals surface area contributed by atoms with Crippen LogP contribution in [0.3, 0.4) is 0 Å². The molecular weight excluding hydrogens is 384 g/mol. The van der Waals surface area contributed by atoms with Crippen molar-refractivity contribution < 1.29 is 14.3 Å². The van der Waals surface area contributed by atoms with Crippen LogP contribution in [0.1, 0.15) is 34.6 Å². The van der Waals surface area contributed by atoms with Gasteiger partial charge in [0.25, 0.3) is 0 Å². The summed E-state index contributed by atoms with van der Waals surface area (Å²) in [4.78, 5) is 14.6. The lowest BCUT2D eigenvalue weighted by molar-refractivity contribution is 0.0636. The highest BCUT2D eigenvalue weighted by molar-refractivity contribution is 7.99. The number of hydrogen-bond donors (Lipinski definition) is 1. The fourth-order valence-corrected chi connectivity index (χ4v) is 4.01. The monoisotopic (exact) mass is 418 g/mol. The molecule has 160 valence electrons. The van der Waals surface area contributed by atoms with Gasteiger partial charge in [0, 0.05) is 41.9 Å². The van der Waals surface area contributed by atoms with Crippen LogP contribution in [0.15, 0.2) is 36.4 Å². The zero-order chi connectivity index (χ0) is 21.3. The Labute approximate surface area is 179 Å². The smallest absolute Gasteiger partial charge is 0.412 e. The summed E-state index contributed by atoms with van der Waals surface area (Å²) in [6.45, 7) is 13.4. The third-order valence-electron chi connectivity index (χ3n) is 4.29. The van der Waals surface area contributed by atoms with Gasteiger partial charge < -0.3 is 9.47 Å². The number of hydrogen-bond acceptors (Lipinski definition) is 5. The van der Waals surface area contributed by atoms with E-state index in [9.17, 15) is 4.79 Å². The van der Waals surface area contributed by atoms with E-state index in [2.05, 4.69) is 10.2 Å². The van der Waals surface area contributed by atoms with Gasteiger partial charge in [-0.25, -0.2) is 4.79 Å². The van der Waals surface area contributed by atoms with Crippen LogP contribution in [0.5, 0.6) is 5.75 Å². The highest BCUT2D eigenvalue weighted by Crippen LogP contribution is 2.32. The number of nitrogens with zero attached hydrogens (tertiary/aromatic N) is 1. The van der Waals surface area contributed by atoms with Crippen molar-refractivity contribution in [1.82, 2.24) is 4.90 Å². The standard InChI is InChI=1S/C21H28N2O3S.C2H6/c1-21(2,3)26-20(24)22-18-8-9-19(17-7-5-4-6-16(17)18)25-13-10-23-11-14-27-15-12-23;1-2/h4-9H,10-15H2,1-3H3,(H,22,24);1-2H3. The lowest BCUT2D eigenvalue weighted by Gasteiger charge is -2.26. The van der Waals surface area contributed by atoms with Crippen LogP contribution in [-0.2, 0) is 4.74 Å². The van der Waals surface area contributed by atoms with Crippen LogP contribution in [0.2, 0.25) is 0 Å². The van der Waals surface area contributed by atoms with E-state index in [1.807, 2.05) is 82.8 Å². The second-order valence-electron chi connectivity index (χ2n) is 7.59. The van der Waals surface area contributed by atoms with Crippen LogP contribution in [-0.4, -0.2) is 54.3 Å². The molecule has 2 aromatic rings. The highest BCUT2D eigenvalue weighted by Gasteiger charge is 2.17. The van der Waals surface area contributed by atoms with Crippen molar-refractivity contribution in [1.29, 1.82) is 0 Å². The van der Waals surface area contributed by atoms with Crippen molar-refractivity contribution in [2.24, 2.45) is 0 Å². The minimum Gasteiger partial charge on any atom is -0.492 e. The zero-order valence-corrected chi connectivity index (χ0v) is 19.1. The molecular formula is C23H34N2O3S. The average molecular weight is 419 g/mol. The van der Waals surface area contributed by atoms with Crippen LogP contribution in [0, 0.1) is 0 Å². The van der Waals surface area contributed by atoms with Gasteiger partial charge in [-0.05, 0) is 32.9 Å². The molecule has 1 fully saturated rings. The second-order valence-corrected chi connectivity index (χ2v) is 8.81. The lowest BCUT2D eigenvalue weighted by Crippen LogP contribution is -2.35. The largest absolute Gasteiger partial charge is 0.492 e. The summed E-state index contributed by atoms with van der Waals surface area (Å²) in [6.07, 6.45) is -0.454. The Morgan fingerprint density at radius 3 is 2.38 bits per heavy atom. The molecule has 1 aliphatic heterocycles. The van der Waals surface area contributed by atoms with Gasteiger partial charge in [-0.3, -0.25) is 10.2 Å². The first-order chi connectivity index (χ1) is 13.9. The number of thioether (sulfide) groups is 1. The normalized spacial score (nSPS) is 14.7. The van der Waals surface area contributed by atoms with Gasteiger partial charge in [-0.1, -0.05) is 38.1 Å². The quantitative estimate of drug-likeness (QED) is 0.681. The molecule has 1 amide bonds. The van der Waals surface area contributed by atoms with Gasteiger partial charge in [-0.2, -0.15) is 11.8 Å². The number of nitrogens with one attached hydrogen (secondary N) is 1. The fourth-order valence-electron chi connectivity index (χ4n) is 3.03. The molecule has 0 aromatic heterocycles. The Kier molecular flexibility index (Phi) is 9.11. The van der Waals surface area contributed by atoms with Gasteiger partial charge in [-0.15, -0.1) is 0 Å². The Bertz CT molecular complexity index is 783. The number of benzene rings is 2. The van der Waals surface area contributed by atoms with E-state index in [0.29, 0.717) is 6.61 Å². The van der Waals surface area contributed by atoms with Crippen LogP contribution in [0.4, 0.5) is 10.5 Å². The predicted octanol–water partition coefficient (Wildman–Crippen LogP) is 5.64. The molecule has 3 rings (SSSR count). The van der Waals surface area contributed by atoms with E-state index in [0.717, 1.165) is 41.8 Å². The van der Waals surface area contributed by atoms with Crippen molar-refractivity contribution in [3.8, 4) is 5.75 Å². The molecule has 1 heterocycles. The fraction of sp³-hybridized carbons (Fsp3) is 0.522. The Hall–Kier alpha value is -1.92. The number of carbonyl (C=O) groups is 1. The molecule has 0 atom stereocenters. The lowest BCUT2D eigenvalue weighted by atomic mass is 10.1. The second kappa shape index (κ2) is 11.3. The van der Waals surface area contributed by atoms with Crippen molar-refractivity contribution in [3.05, 3.63) is 36.4 Å². The molecule has 29 heavy (non-hydrogen) atoms. The molecule has 0 saturated carbocycles. The number of carbonyl (C=O) groups excluding carboxylic acids is 1. The summed E-state index contributed by atoms with van der Waals surface area (Å²) in [7, 11) is 0. The number of anilines is 1. The first-order valence-electron chi connectivity index (χ1n) is 10.4. The number of fused-ring (bicyclic) bond motifs is 1. The number of ether oxygens (including phenoxy) is 2. The Balaban J connectivity index is 0.00000145. The summed E-state index contributed by atoms with van der Waals surface area (Å²) in [5.74, 6) is 3.24. The van der Waals surface area contributed by atoms with E-state index in [1.54, 1.807) is 0 Å². The topological polar surface area (TPSA) is 50.8 Å². The summed E-state index contributed by atoms with van der Waals surface area (Å²) in [5, 5.41) is 4.78. The van der Waals surface area contributed by atoms with Gasteiger partial charge in [0.1, 0.15) is 18.0 Å². The van der Waals surface area contributed by atoms with E-state index < -0.39 is 11.7 Å². The van der Waals surface area contributed by atoms with Crippen LogP contribution in [0.25, 0.3) is 10.8 Å². The molecule has 1 saturated heterocycles. The van der Waals surface area contributed by atoms with E-state index in [-0.39, 0.29) is 0 Å². The van der Waals surface area contributed by atoms with Gasteiger partial charge >= 0.3 is 6.09 Å². The van der Waals surface area contributed by atoms with Crippen molar-refractivity contribution in [3.63, 3.8) is 0 Å². The molecule has 0 spiro atoms. The van der Waals surface area contributed by atoms with E-state index in [4.69, 9.17) is 9.47 Å². The predicted molar refractivity (Wildman–Crippen MR) is 124 cm³/mol. The zero-order valence-electron chi connectivity index (χ0n) is 18.3. The van der Waals surface area contributed by atoms with Crippen molar-refractivity contribution in [2.45, 2.75) is 40.2 Å². The molecule has 0 bridgehead atoms. The first kappa shape index (κ1) is 23.4. The van der Waals surface area contributed by atoms with Gasteiger partial charge in [0.2, 0.25) is 0 Å². The first-order valence-corrected chi connectivity index (χ1v) is 11.5. The van der Waals surface area contributed by atoms with Gasteiger partial charge in [0.05, 0.1) is 5.69 Å². The number of rotatable bonds is 5. The average Bonchev–Trinajstić information content (AvgIpc) is 2.70. The maximum absolute atomic E-state index is 12.1. The molecule has 1 N–H and O–H groups in total. The summed E-state index contributed by atoms with van der Waals surface area (Å²) in [6, 6.07) is 11.7. The third-order valence-corrected chi connectivity index (χ3v) is 5.23. The van der Waals surface area contributed by atoms with Crippen molar-refractivity contribution >= 4 is 34.3 Å². The maximum atomic E-state index is 12.1. The van der Waals surface area contributed by atoms with Crippen molar-refractivity contribution in [2.75, 3.05) is 43.1 Å². The number of amides is 1. The van der Waals surface area contributed by atoms with Crippen LogP contribution >= 0.6 is 11.8 Å². The molecule has 6 heteroatoms. The maximum Gasteiger partial charge on any atom is 0.412 e.